The van der Waals surface area contributed by atoms with E-state index < -0.39 is 5.97 Å². The van der Waals surface area contributed by atoms with Gasteiger partial charge in [-0.15, -0.1) is 0 Å². The highest BCUT2D eigenvalue weighted by Crippen LogP contribution is 2.35. The largest absolute Gasteiger partial charge is 0.494 e. The summed E-state index contributed by atoms with van der Waals surface area (Å²) < 4.78 is 13.0. The molecule has 2 N–H and O–H groups in total. The topological polar surface area (TPSA) is 101 Å². The van der Waals surface area contributed by atoms with Crippen LogP contribution in [0.1, 0.15) is 60.9 Å². The molecule has 5 rings (SSSR count). The van der Waals surface area contributed by atoms with E-state index in [4.69, 9.17) is 9.47 Å². The molecule has 0 radical (unpaired) electrons. The Morgan fingerprint density at radius 2 is 2.00 bits per heavy atom. The van der Waals surface area contributed by atoms with Crippen LogP contribution in [0.25, 0.3) is 0 Å². The van der Waals surface area contributed by atoms with E-state index in [1.54, 1.807) is 0 Å². The van der Waals surface area contributed by atoms with Gasteiger partial charge >= 0.3 is 10.8 Å². The van der Waals surface area contributed by atoms with Crippen LogP contribution < -0.4 is 14.3 Å². The summed E-state index contributed by atoms with van der Waals surface area (Å²) in [6.07, 6.45) is 4.31. The van der Waals surface area contributed by atoms with E-state index in [0.29, 0.717) is 5.92 Å². The normalized spacial score (nSPS) is 19.3. The lowest BCUT2D eigenvalue weighted by Crippen LogP contribution is -2.34. The molecule has 9 heteroatoms. The first-order chi connectivity index (χ1) is 19.3. The van der Waals surface area contributed by atoms with Crippen LogP contribution in [0.4, 0.5) is 0 Å². The maximum atomic E-state index is 11.8. The monoisotopic (exact) mass is 566 g/mol. The number of hydrogen-bond acceptors (Lipinski definition) is 7. The molecule has 214 valence electrons. The van der Waals surface area contributed by atoms with Gasteiger partial charge in [-0.2, -0.15) is 0 Å². The van der Waals surface area contributed by atoms with Crippen molar-refractivity contribution in [3.63, 3.8) is 0 Å². The second kappa shape index (κ2) is 12.5. The standard InChI is InChI=1S/C31H38N2O6S/c1-20-15-23(5-9-27(20)39-14-12-33-29(34)19-40-31(33)37)18-32(17-22-3-6-24(7-4-22)30(35)36)21(2)25-8-10-28-26(16-25)11-13-38-28/h5,8-10,15-16,19,21-22,24,34H,3-4,6-7,11-14,17-18H2,1-2H3,(H,35,36). The number of rotatable bonds is 11. The fraction of sp³-hybridized carbons (Fsp3) is 0.484. The molecule has 1 fully saturated rings. The summed E-state index contributed by atoms with van der Waals surface area (Å²) in [6, 6.07) is 13.0. The van der Waals surface area contributed by atoms with Gasteiger partial charge in [0, 0.05) is 25.6 Å². The fourth-order valence-corrected chi connectivity index (χ4v) is 6.59. The number of carboxylic acid groups (broad SMARTS) is 1. The third kappa shape index (κ3) is 6.53. The van der Waals surface area contributed by atoms with Crippen molar-refractivity contribution < 1.29 is 24.5 Å². The van der Waals surface area contributed by atoms with Crippen molar-refractivity contribution in [2.24, 2.45) is 11.8 Å². The number of thiazole rings is 1. The zero-order valence-electron chi connectivity index (χ0n) is 23.2. The highest BCUT2D eigenvalue weighted by molar-refractivity contribution is 7.07. The van der Waals surface area contributed by atoms with Gasteiger partial charge in [0.05, 0.1) is 24.4 Å². The van der Waals surface area contributed by atoms with Crippen LogP contribution in [-0.4, -0.2) is 45.4 Å². The van der Waals surface area contributed by atoms with Crippen molar-refractivity contribution in [2.75, 3.05) is 19.8 Å². The van der Waals surface area contributed by atoms with Gasteiger partial charge in [-0.1, -0.05) is 35.6 Å². The lowest BCUT2D eigenvalue weighted by atomic mass is 9.81. The lowest BCUT2D eigenvalue weighted by Gasteiger charge is -2.35. The molecule has 0 saturated heterocycles. The molecular formula is C31H38N2O6S. The molecule has 1 aliphatic heterocycles. The Balaban J connectivity index is 1.28. The fourth-order valence-electron chi connectivity index (χ4n) is 5.94. The number of carboxylic acids is 1. The molecule has 1 unspecified atom stereocenters. The Morgan fingerprint density at radius 1 is 1.20 bits per heavy atom. The Hall–Kier alpha value is -3.30. The number of carbonyl (C=O) groups is 1. The molecule has 40 heavy (non-hydrogen) atoms. The Bertz CT molecular complexity index is 1390. The summed E-state index contributed by atoms with van der Waals surface area (Å²) in [4.78, 5) is 25.6. The minimum Gasteiger partial charge on any atom is -0.494 e. The van der Waals surface area contributed by atoms with E-state index in [0.717, 1.165) is 80.2 Å². The van der Waals surface area contributed by atoms with Crippen LogP contribution in [0.2, 0.25) is 0 Å². The van der Waals surface area contributed by atoms with Crippen LogP contribution in [-0.2, 0) is 24.3 Å². The number of aromatic hydroxyl groups is 1. The summed E-state index contributed by atoms with van der Waals surface area (Å²) in [5.41, 5.74) is 4.74. The third-order valence-electron chi connectivity index (χ3n) is 8.39. The molecule has 8 nitrogen and oxygen atoms in total. The molecule has 0 bridgehead atoms. The SMILES string of the molecule is Cc1cc(CN(CC2CCC(C(=O)O)CC2)C(C)c2ccc3c(c2)CCO3)ccc1OCCn1c(O)csc1=O. The summed E-state index contributed by atoms with van der Waals surface area (Å²) in [6.45, 7) is 7.28. The second-order valence-electron chi connectivity index (χ2n) is 11.1. The average Bonchev–Trinajstić information content (AvgIpc) is 3.55. The van der Waals surface area contributed by atoms with Gasteiger partial charge in [-0.25, -0.2) is 0 Å². The van der Waals surface area contributed by atoms with E-state index in [9.17, 15) is 19.8 Å². The number of ether oxygens (including phenoxy) is 2. The molecule has 1 aliphatic carbocycles. The minimum absolute atomic E-state index is 0.0350. The number of fused-ring (bicyclic) bond motifs is 1. The molecule has 3 aromatic rings. The van der Waals surface area contributed by atoms with Crippen LogP contribution in [0, 0.1) is 18.8 Å². The average molecular weight is 567 g/mol. The quantitative estimate of drug-likeness (QED) is 0.321. The molecule has 0 spiro atoms. The van der Waals surface area contributed by atoms with E-state index in [2.05, 4.69) is 42.2 Å². The number of aliphatic carboxylic acids is 1. The summed E-state index contributed by atoms with van der Waals surface area (Å²) >= 11 is 0.973. The number of nitrogens with zero attached hydrogens (tertiary/aromatic N) is 2. The molecule has 0 amide bonds. The van der Waals surface area contributed by atoms with Crippen LogP contribution >= 0.6 is 11.3 Å². The Kier molecular flexibility index (Phi) is 8.81. The van der Waals surface area contributed by atoms with Gasteiger partial charge in [0.15, 0.2) is 0 Å². The number of aromatic nitrogens is 1. The smallest absolute Gasteiger partial charge is 0.310 e. The first-order valence-electron chi connectivity index (χ1n) is 14.1. The zero-order valence-corrected chi connectivity index (χ0v) is 24.0. The van der Waals surface area contributed by atoms with Gasteiger partial charge in [-0.3, -0.25) is 19.1 Å². The zero-order chi connectivity index (χ0) is 28.2. The highest BCUT2D eigenvalue weighted by Gasteiger charge is 2.29. The number of benzene rings is 2. The summed E-state index contributed by atoms with van der Waals surface area (Å²) in [7, 11) is 0. The predicted molar refractivity (Wildman–Crippen MR) is 154 cm³/mol. The van der Waals surface area contributed by atoms with Gasteiger partial charge in [-0.05, 0) is 79.8 Å². The van der Waals surface area contributed by atoms with E-state index >= 15 is 0 Å². The van der Waals surface area contributed by atoms with E-state index in [-0.39, 0.29) is 35.9 Å². The maximum Gasteiger partial charge on any atom is 0.310 e. The third-order valence-corrected chi connectivity index (χ3v) is 9.14. The lowest BCUT2D eigenvalue weighted by molar-refractivity contribution is -0.143. The van der Waals surface area contributed by atoms with Crippen molar-refractivity contribution in [3.8, 4) is 17.4 Å². The van der Waals surface area contributed by atoms with Crippen molar-refractivity contribution in [1.29, 1.82) is 0 Å². The molecule has 1 aromatic heterocycles. The molecule has 1 saturated carbocycles. The van der Waals surface area contributed by atoms with Crippen LogP contribution in [0.5, 0.6) is 17.4 Å². The number of hydrogen-bond donors (Lipinski definition) is 2. The Morgan fingerprint density at radius 3 is 2.70 bits per heavy atom. The van der Waals surface area contributed by atoms with Crippen LogP contribution in [0.3, 0.4) is 0 Å². The Labute approximate surface area is 238 Å². The number of aryl methyl sites for hydroxylation is 1. The van der Waals surface area contributed by atoms with Gasteiger partial charge in [0.25, 0.3) is 0 Å². The minimum atomic E-state index is -0.666. The van der Waals surface area contributed by atoms with Gasteiger partial charge < -0.3 is 19.7 Å². The predicted octanol–water partition coefficient (Wildman–Crippen LogP) is 5.39. The highest BCUT2D eigenvalue weighted by atomic mass is 32.1. The summed E-state index contributed by atoms with van der Waals surface area (Å²) in [5.74, 6) is 1.30. The van der Waals surface area contributed by atoms with E-state index in [1.165, 1.54) is 26.6 Å². The maximum absolute atomic E-state index is 11.8. The van der Waals surface area contributed by atoms with Gasteiger partial charge in [0.2, 0.25) is 5.88 Å². The molecule has 1 atom stereocenters. The summed E-state index contributed by atoms with van der Waals surface area (Å²) in [5, 5.41) is 20.7. The molecule has 2 aliphatic rings. The van der Waals surface area contributed by atoms with Crippen LogP contribution in [0.15, 0.2) is 46.6 Å². The van der Waals surface area contributed by atoms with Crippen molar-refractivity contribution in [3.05, 3.63) is 73.7 Å². The van der Waals surface area contributed by atoms with E-state index in [1.807, 2.05) is 13.0 Å². The van der Waals surface area contributed by atoms with Crippen molar-refractivity contribution in [1.82, 2.24) is 9.47 Å². The molecule has 2 aromatic carbocycles. The van der Waals surface area contributed by atoms with Crippen molar-refractivity contribution >= 4 is 17.3 Å². The first kappa shape index (κ1) is 28.2. The molecular weight excluding hydrogens is 528 g/mol. The van der Waals surface area contributed by atoms with Crippen molar-refractivity contribution in [2.45, 2.75) is 65.1 Å². The second-order valence-corrected chi connectivity index (χ2v) is 11.9. The van der Waals surface area contributed by atoms with Gasteiger partial charge in [0.1, 0.15) is 18.1 Å². The molecule has 2 heterocycles. The first-order valence-corrected chi connectivity index (χ1v) is 15.0.